The number of anilines is 1. The molecule has 0 radical (unpaired) electrons. The summed E-state index contributed by atoms with van der Waals surface area (Å²) in [5, 5.41) is 2.61. The highest BCUT2D eigenvalue weighted by molar-refractivity contribution is 7.09. The molecule has 3 aromatic rings. The lowest BCUT2D eigenvalue weighted by atomic mass is 9.86. The van der Waals surface area contributed by atoms with Crippen molar-refractivity contribution in [3.8, 4) is 0 Å². The summed E-state index contributed by atoms with van der Waals surface area (Å²) in [7, 11) is 0. The third-order valence-corrected chi connectivity index (χ3v) is 4.70. The maximum Gasteiger partial charge on any atom is 0.340 e. The predicted molar refractivity (Wildman–Crippen MR) is 84.7 cm³/mol. The quantitative estimate of drug-likeness (QED) is 0.583. The Labute approximate surface area is 131 Å². The van der Waals surface area contributed by atoms with E-state index in [0.29, 0.717) is 11.3 Å². The fourth-order valence-electron chi connectivity index (χ4n) is 2.83. The number of fused-ring (bicyclic) bond motifs is 1. The van der Waals surface area contributed by atoms with Crippen LogP contribution in [0.15, 0.2) is 60.1 Å². The van der Waals surface area contributed by atoms with Gasteiger partial charge in [0.15, 0.2) is 0 Å². The molecule has 2 heterocycles. The Hall–Kier alpha value is -2.66. The minimum absolute atomic E-state index is 0.331. The van der Waals surface area contributed by atoms with E-state index in [9.17, 15) is 4.79 Å². The lowest BCUT2D eigenvalue weighted by molar-refractivity contribution is 0.0251. The number of nitrogens with two attached hydrogens (primary N) is 1. The number of rotatable bonds is 2. The van der Waals surface area contributed by atoms with Crippen molar-refractivity contribution in [2.45, 2.75) is 5.60 Å². The minimum atomic E-state index is -0.991. The van der Waals surface area contributed by atoms with Crippen LogP contribution in [0.3, 0.4) is 0 Å². The van der Waals surface area contributed by atoms with Gasteiger partial charge >= 0.3 is 5.97 Å². The number of nitrogens with zero attached hydrogens (tertiary/aromatic N) is 1. The second kappa shape index (κ2) is 4.68. The van der Waals surface area contributed by atoms with Crippen LogP contribution in [0, 0.1) is 0 Å². The molecular formula is C17H12N2O2S. The number of hydrogen-bond donors (Lipinski definition) is 1. The minimum Gasteiger partial charge on any atom is -0.438 e. The molecule has 5 heteroatoms. The van der Waals surface area contributed by atoms with Gasteiger partial charge in [-0.1, -0.05) is 30.3 Å². The number of thiazole rings is 1. The zero-order valence-corrected chi connectivity index (χ0v) is 12.3. The van der Waals surface area contributed by atoms with Crippen molar-refractivity contribution in [2.24, 2.45) is 0 Å². The molecule has 2 N–H and O–H groups in total. The zero-order chi connectivity index (χ0) is 15.2. The highest BCUT2D eigenvalue weighted by atomic mass is 32.1. The van der Waals surface area contributed by atoms with Gasteiger partial charge in [0, 0.05) is 28.4 Å². The molecule has 1 unspecified atom stereocenters. The zero-order valence-electron chi connectivity index (χ0n) is 11.5. The molecule has 108 valence electrons. The van der Waals surface area contributed by atoms with E-state index >= 15 is 0 Å². The van der Waals surface area contributed by atoms with Crippen LogP contribution in [-0.4, -0.2) is 11.0 Å². The van der Waals surface area contributed by atoms with E-state index < -0.39 is 5.60 Å². The lowest BCUT2D eigenvalue weighted by Gasteiger charge is -2.27. The summed E-state index contributed by atoms with van der Waals surface area (Å²) >= 11 is 1.46. The van der Waals surface area contributed by atoms with Gasteiger partial charge in [-0.25, -0.2) is 9.78 Å². The van der Waals surface area contributed by atoms with Crippen molar-refractivity contribution in [1.82, 2.24) is 4.98 Å². The van der Waals surface area contributed by atoms with Gasteiger partial charge in [-0.2, -0.15) is 0 Å². The molecule has 0 amide bonds. The molecule has 0 saturated carbocycles. The number of cyclic esters (lactones) is 1. The number of hydrogen-bond acceptors (Lipinski definition) is 5. The van der Waals surface area contributed by atoms with Gasteiger partial charge in [0.25, 0.3) is 0 Å². The summed E-state index contributed by atoms with van der Waals surface area (Å²) in [5.41, 5.74) is 7.70. The van der Waals surface area contributed by atoms with Crippen molar-refractivity contribution in [3.63, 3.8) is 0 Å². The van der Waals surface area contributed by atoms with E-state index in [0.717, 1.165) is 16.1 Å². The van der Waals surface area contributed by atoms with Gasteiger partial charge < -0.3 is 10.5 Å². The maximum absolute atomic E-state index is 12.3. The molecule has 22 heavy (non-hydrogen) atoms. The van der Waals surface area contributed by atoms with Crippen LogP contribution in [0.1, 0.15) is 26.5 Å². The summed E-state index contributed by atoms with van der Waals surface area (Å²) < 4.78 is 5.86. The van der Waals surface area contributed by atoms with Crippen molar-refractivity contribution in [1.29, 1.82) is 0 Å². The predicted octanol–water partition coefficient (Wildman–Crippen LogP) is 3.19. The fraction of sp³-hybridized carbons (Fsp3) is 0.0588. The Morgan fingerprint density at radius 1 is 1.09 bits per heavy atom. The highest BCUT2D eigenvalue weighted by Gasteiger charge is 2.50. The van der Waals surface area contributed by atoms with Crippen LogP contribution in [-0.2, 0) is 10.3 Å². The van der Waals surface area contributed by atoms with E-state index in [-0.39, 0.29) is 5.97 Å². The first-order valence-corrected chi connectivity index (χ1v) is 7.68. The smallest absolute Gasteiger partial charge is 0.340 e. The van der Waals surface area contributed by atoms with Gasteiger partial charge in [-0.3, -0.25) is 0 Å². The van der Waals surface area contributed by atoms with Gasteiger partial charge in [-0.15, -0.1) is 11.3 Å². The fourth-order valence-corrected chi connectivity index (χ4v) is 3.64. The van der Waals surface area contributed by atoms with Crippen LogP contribution in [0.4, 0.5) is 5.69 Å². The van der Waals surface area contributed by atoms with Crippen molar-refractivity contribution >= 4 is 23.0 Å². The normalized spacial score (nSPS) is 19.7. The Balaban J connectivity index is 2.04. The monoisotopic (exact) mass is 308 g/mol. The summed E-state index contributed by atoms with van der Waals surface area (Å²) in [6, 6.07) is 14.8. The highest BCUT2D eigenvalue weighted by Crippen LogP contribution is 2.47. The number of carbonyl (C=O) groups excluding carboxylic acids is 1. The van der Waals surface area contributed by atoms with Crippen LogP contribution in [0.2, 0.25) is 0 Å². The molecule has 1 aliphatic heterocycles. The largest absolute Gasteiger partial charge is 0.438 e. The first-order chi connectivity index (χ1) is 10.7. The number of nitrogen functional groups attached to an aromatic ring is 1. The topological polar surface area (TPSA) is 65.2 Å². The van der Waals surface area contributed by atoms with Crippen LogP contribution in [0.5, 0.6) is 0 Å². The van der Waals surface area contributed by atoms with E-state index in [4.69, 9.17) is 10.5 Å². The Kier molecular flexibility index (Phi) is 2.77. The van der Waals surface area contributed by atoms with Crippen molar-refractivity contribution in [3.05, 3.63) is 81.8 Å². The molecule has 1 atom stereocenters. The van der Waals surface area contributed by atoms with E-state index in [1.165, 1.54) is 11.3 Å². The number of carbonyl (C=O) groups is 1. The van der Waals surface area contributed by atoms with Crippen LogP contribution >= 0.6 is 11.3 Å². The second-order valence-electron chi connectivity index (χ2n) is 5.08. The molecule has 0 fully saturated rings. The Morgan fingerprint density at radius 2 is 1.86 bits per heavy atom. The first-order valence-electron chi connectivity index (χ1n) is 6.80. The third kappa shape index (κ3) is 1.69. The van der Waals surface area contributed by atoms with Crippen LogP contribution < -0.4 is 5.73 Å². The third-order valence-electron chi connectivity index (χ3n) is 3.82. The van der Waals surface area contributed by atoms with Crippen molar-refractivity contribution in [2.75, 3.05) is 5.73 Å². The Bertz CT molecular complexity index is 843. The molecule has 1 aromatic heterocycles. The lowest BCUT2D eigenvalue weighted by Crippen LogP contribution is -2.29. The molecular weight excluding hydrogens is 296 g/mol. The molecule has 0 saturated heterocycles. The van der Waals surface area contributed by atoms with Gasteiger partial charge in [0.1, 0.15) is 5.01 Å². The average molecular weight is 308 g/mol. The van der Waals surface area contributed by atoms with Crippen molar-refractivity contribution < 1.29 is 9.53 Å². The Morgan fingerprint density at radius 3 is 2.59 bits per heavy atom. The summed E-state index contributed by atoms with van der Waals surface area (Å²) in [6.07, 6.45) is 1.72. The molecule has 1 aliphatic rings. The van der Waals surface area contributed by atoms with E-state index in [1.54, 1.807) is 24.4 Å². The van der Waals surface area contributed by atoms with Crippen LogP contribution in [0.25, 0.3) is 0 Å². The van der Waals surface area contributed by atoms with Gasteiger partial charge in [0.2, 0.25) is 5.60 Å². The SMILES string of the molecule is Nc1ccc(C2(c3nccs3)OC(=O)c3ccccc32)cc1. The van der Waals surface area contributed by atoms with E-state index in [2.05, 4.69) is 4.98 Å². The summed E-state index contributed by atoms with van der Waals surface area (Å²) in [6.45, 7) is 0. The molecule has 4 rings (SSSR count). The summed E-state index contributed by atoms with van der Waals surface area (Å²) in [4.78, 5) is 16.8. The van der Waals surface area contributed by atoms with E-state index in [1.807, 2.05) is 35.7 Å². The van der Waals surface area contributed by atoms with Gasteiger partial charge in [-0.05, 0) is 18.2 Å². The number of esters is 1. The molecule has 0 bridgehead atoms. The average Bonchev–Trinajstić information content (AvgIpc) is 3.16. The number of ether oxygens (including phenoxy) is 1. The number of benzene rings is 2. The molecule has 4 nitrogen and oxygen atoms in total. The molecule has 0 aliphatic carbocycles. The molecule has 2 aromatic carbocycles. The standard InChI is InChI=1S/C17H12N2O2S/c18-12-7-5-11(6-8-12)17(16-19-9-10-22-16)14-4-2-1-3-13(14)15(20)21-17/h1-10H,18H2. The number of aromatic nitrogens is 1. The second-order valence-corrected chi connectivity index (χ2v) is 5.97. The van der Waals surface area contributed by atoms with Gasteiger partial charge in [0.05, 0.1) is 5.56 Å². The maximum atomic E-state index is 12.3. The summed E-state index contributed by atoms with van der Waals surface area (Å²) in [5.74, 6) is -0.331. The first kappa shape index (κ1) is 13.0. The molecule has 0 spiro atoms.